The number of nitrogens with zero attached hydrogens (tertiary/aromatic N) is 1. The summed E-state index contributed by atoms with van der Waals surface area (Å²) in [6.45, 7) is 0.0539. The second kappa shape index (κ2) is 5.97. The van der Waals surface area contributed by atoms with Crippen LogP contribution in [0.15, 0.2) is 36.5 Å². The Balaban J connectivity index is 1.65. The third-order valence-corrected chi connectivity index (χ3v) is 4.03. The van der Waals surface area contributed by atoms with Crippen molar-refractivity contribution in [1.29, 1.82) is 0 Å². The van der Waals surface area contributed by atoms with Crippen molar-refractivity contribution in [2.24, 2.45) is 5.92 Å². The van der Waals surface area contributed by atoms with E-state index in [1.54, 1.807) is 6.20 Å². The van der Waals surface area contributed by atoms with Crippen LogP contribution in [0.1, 0.15) is 24.1 Å². The molecule has 5 heteroatoms. The van der Waals surface area contributed by atoms with E-state index >= 15 is 0 Å². The Morgan fingerprint density at radius 3 is 2.75 bits per heavy atom. The van der Waals surface area contributed by atoms with Crippen LogP contribution in [0.2, 0.25) is 0 Å². The number of halogens is 2. The first kappa shape index (κ1) is 14.7. The fourth-order valence-electron chi connectivity index (χ4n) is 2.54. The van der Waals surface area contributed by atoms with Crippen LogP contribution in [-0.2, 0) is 6.54 Å². The molecule has 3 nitrogen and oxygen atoms in total. The molecule has 0 saturated heterocycles. The average Bonchev–Trinajstić information content (AvgIpc) is 3.28. The van der Waals surface area contributed by atoms with Crippen LogP contribution >= 0.6 is 0 Å². The molecule has 2 N–H and O–H groups in total. The SMILES string of the molecule is Fc1cccc(F)c1CNc1cc(C#CC2CC2)nc2[nH]ccc12. The van der Waals surface area contributed by atoms with Crippen molar-refractivity contribution in [3.05, 3.63) is 59.4 Å². The first-order chi connectivity index (χ1) is 11.7. The van der Waals surface area contributed by atoms with Gasteiger partial charge in [-0.25, -0.2) is 13.8 Å². The molecular weight excluding hydrogens is 308 g/mol. The number of benzene rings is 1. The molecule has 1 fully saturated rings. The Hall–Kier alpha value is -2.87. The Morgan fingerprint density at radius 2 is 2.00 bits per heavy atom. The molecule has 0 spiro atoms. The first-order valence-corrected chi connectivity index (χ1v) is 7.87. The van der Waals surface area contributed by atoms with Gasteiger partial charge in [-0.05, 0) is 43.0 Å². The van der Waals surface area contributed by atoms with E-state index in [0.29, 0.717) is 17.3 Å². The number of hydrogen-bond acceptors (Lipinski definition) is 2. The number of nitrogens with one attached hydrogen (secondary N) is 2. The standard InChI is InChI=1S/C19H15F2N3/c20-16-2-1-3-17(21)15(16)11-23-18-10-13(7-6-12-4-5-12)24-19-14(18)8-9-22-19/h1-3,8-10,12H,4-5,11H2,(H2,22,23,24). The van der Waals surface area contributed by atoms with Crippen molar-refractivity contribution in [1.82, 2.24) is 9.97 Å². The minimum atomic E-state index is -0.560. The molecule has 0 aliphatic heterocycles. The third-order valence-electron chi connectivity index (χ3n) is 4.03. The van der Waals surface area contributed by atoms with E-state index in [9.17, 15) is 8.78 Å². The summed E-state index contributed by atoms with van der Waals surface area (Å²) in [5, 5.41) is 3.97. The van der Waals surface area contributed by atoms with Gasteiger partial charge in [-0.2, -0.15) is 0 Å². The summed E-state index contributed by atoms with van der Waals surface area (Å²) in [6.07, 6.45) is 4.08. The van der Waals surface area contributed by atoms with Crippen LogP contribution in [0.5, 0.6) is 0 Å². The third kappa shape index (κ3) is 2.95. The zero-order valence-corrected chi connectivity index (χ0v) is 12.9. The van der Waals surface area contributed by atoms with Gasteiger partial charge in [-0.15, -0.1) is 0 Å². The van der Waals surface area contributed by atoms with Gasteiger partial charge in [0.15, 0.2) is 0 Å². The molecule has 24 heavy (non-hydrogen) atoms. The molecule has 1 aliphatic rings. The summed E-state index contributed by atoms with van der Waals surface area (Å²) in [5.74, 6) is 5.62. The number of aromatic amines is 1. The molecule has 120 valence electrons. The molecule has 0 radical (unpaired) electrons. The monoisotopic (exact) mass is 323 g/mol. The quantitative estimate of drug-likeness (QED) is 0.709. The van der Waals surface area contributed by atoms with Crippen LogP contribution in [0, 0.1) is 29.4 Å². The van der Waals surface area contributed by atoms with E-state index in [1.165, 1.54) is 18.2 Å². The topological polar surface area (TPSA) is 40.7 Å². The smallest absolute Gasteiger partial charge is 0.140 e. The van der Waals surface area contributed by atoms with E-state index in [2.05, 4.69) is 27.1 Å². The number of hydrogen-bond donors (Lipinski definition) is 2. The van der Waals surface area contributed by atoms with Gasteiger partial charge in [0.25, 0.3) is 0 Å². The van der Waals surface area contributed by atoms with Gasteiger partial charge in [-0.1, -0.05) is 12.0 Å². The summed E-state index contributed by atoms with van der Waals surface area (Å²) >= 11 is 0. The summed E-state index contributed by atoms with van der Waals surface area (Å²) < 4.78 is 27.6. The van der Waals surface area contributed by atoms with Crippen molar-refractivity contribution >= 4 is 16.7 Å². The van der Waals surface area contributed by atoms with Crippen molar-refractivity contribution in [3.63, 3.8) is 0 Å². The molecule has 0 atom stereocenters. The van der Waals surface area contributed by atoms with Gasteiger partial charge in [0.2, 0.25) is 0 Å². The number of fused-ring (bicyclic) bond motifs is 1. The predicted molar refractivity (Wildman–Crippen MR) is 89.4 cm³/mol. The Labute approximate surface area is 138 Å². The molecule has 0 bridgehead atoms. The van der Waals surface area contributed by atoms with E-state index in [1.807, 2.05) is 12.1 Å². The van der Waals surface area contributed by atoms with Crippen LogP contribution in [0.3, 0.4) is 0 Å². The van der Waals surface area contributed by atoms with Crippen LogP contribution in [0.4, 0.5) is 14.5 Å². The highest BCUT2D eigenvalue weighted by Crippen LogP contribution is 2.28. The van der Waals surface area contributed by atoms with E-state index in [4.69, 9.17) is 0 Å². The first-order valence-electron chi connectivity index (χ1n) is 7.87. The minimum Gasteiger partial charge on any atom is -0.380 e. The fraction of sp³-hybridized carbons (Fsp3) is 0.211. The summed E-state index contributed by atoms with van der Waals surface area (Å²) in [7, 11) is 0. The maximum Gasteiger partial charge on any atom is 0.140 e. The van der Waals surface area contributed by atoms with E-state index in [0.717, 1.165) is 23.9 Å². The lowest BCUT2D eigenvalue weighted by molar-refractivity contribution is 0.560. The molecule has 0 amide bonds. The van der Waals surface area contributed by atoms with E-state index < -0.39 is 11.6 Å². The number of H-pyrrole nitrogens is 1. The molecular formula is C19H15F2N3. The molecule has 2 aromatic heterocycles. The van der Waals surface area contributed by atoms with Crippen LogP contribution in [-0.4, -0.2) is 9.97 Å². The van der Waals surface area contributed by atoms with Gasteiger partial charge in [-0.3, -0.25) is 0 Å². The van der Waals surface area contributed by atoms with Gasteiger partial charge < -0.3 is 10.3 Å². The maximum absolute atomic E-state index is 13.8. The summed E-state index contributed by atoms with van der Waals surface area (Å²) in [6, 6.07) is 7.57. The normalized spacial score (nSPS) is 13.6. The van der Waals surface area contributed by atoms with Crippen LogP contribution < -0.4 is 5.32 Å². The largest absolute Gasteiger partial charge is 0.380 e. The molecule has 1 aromatic carbocycles. The summed E-state index contributed by atoms with van der Waals surface area (Å²) in [5.41, 5.74) is 2.12. The Bertz CT molecular complexity index is 941. The lowest BCUT2D eigenvalue weighted by atomic mass is 10.1. The van der Waals surface area contributed by atoms with Gasteiger partial charge in [0, 0.05) is 35.3 Å². The average molecular weight is 323 g/mol. The zero-order chi connectivity index (χ0) is 16.5. The Kier molecular flexibility index (Phi) is 3.66. The van der Waals surface area contributed by atoms with Crippen LogP contribution in [0.25, 0.3) is 11.0 Å². The lowest BCUT2D eigenvalue weighted by Crippen LogP contribution is -2.05. The van der Waals surface area contributed by atoms with Crippen molar-refractivity contribution in [2.45, 2.75) is 19.4 Å². The van der Waals surface area contributed by atoms with Crippen molar-refractivity contribution < 1.29 is 8.78 Å². The fourth-order valence-corrected chi connectivity index (χ4v) is 2.54. The minimum absolute atomic E-state index is 0.0172. The Morgan fingerprint density at radius 1 is 1.21 bits per heavy atom. The van der Waals surface area contributed by atoms with Crippen molar-refractivity contribution in [3.8, 4) is 11.8 Å². The zero-order valence-electron chi connectivity index (χ0n) is 12.9. The molecule has 0 unspecified atom stereocenters. The lowest BCUT2D eigenvalue weighted by Gasteiger charge is -2.10. The maximum atomic E-state index is 13.8. The van der Waals surface area contributed by atoms with Gasteiger partial charge >= 0.3 is 0 Å². The summed E-state index contributed by atoms with van der Waals surface area (Å²) in [4.78, 5) is 7.53. The highest BCUT2D eigenvalue weighted by atomic mass is 19.1. The number of pyridine rings is 1. The highest BCUT2D eigenvalue weighted by molar-refractivity contribution is 5.90. The van der Waals surface area contributed by atoms with Gasteiger partial charge in [0.1, 0.15) is 23.0 Å². The molecule has 2 heterocycles. The van der Waals surface area contributed by atoms with Crippen molar-refractivity contribution in [2.75, 3.05) is 5.32 Å². The van der Waals surface area contributed by atoms with Gasteiger partial charge in [0.05, 0.1) is 0 Å². The highest BCUT2D eigenvalue weighted by Gasteiger charge is 2.18. The van der Waals surface area contributed by atoms with E-state index in [-0.39, 0.29) is 12.1 Å². The second-order valence-corrected chi connectivity index (χ2v) is 5.89. The molecule has 1 aliphatic carbocycles. The molecule has 1 saturated carbocycles. The second-order valence-electron chi connectivity index (χ2n) is 5.89. The molecule has 4 rings (SSSR count). The number of anilines is 1. The molecule has 3 aromatic rings. The number of rotatable bonds is 3. The predicted octanol–water partition coefficient (Wildman–Crippen LogP) is 4.21. The number of aromatic nitrogens is 2.